The summed E-state index contributed by atoms with van der Waals surface area (Å²) in [5, 5.41) is 0.0832. The average molecular weight is 359 g/mol. The maximum Gasteiger partial charge on any atom is 0.282 e. The molecule has 2 fully saturated rings. The van der Waals surface area contributed by atoms with Crippen molar-refractivity contribution in [1.29, 1.82) is 0 Å². The highest BCUT2D eigenvalue weighted by atomic mass is 32.2. The summed E-state index contributed by atoms with van der Waals surface area (Å²) in [7, 11) is -3.66. The molecule has 0 spiro atoms. The van der Waals surface area contributed by atoms with Crippen LogP contribution >= 0.6 is 11.8 Å². The van der Waals surface area contributed by atoms with Gasteiger partial charge in [0.1, 0.15) is 5.82 Å². The summed E-state index contributed by atoms with van der Waals surface area (Å²) >= 11 is 1.32. The normalized spacial score (nSPS) is 21.1. The van der Waals surface area contributed by atoms with Gasteiger partial charge in [-0.3, -0.25) is 9.69 Å². The Bertz CT molecular complexity index is 690. The third-order valence-electron chi connectivity index (χ3n) is 3.98. The minimum Gasteiger partial charge on any atom is -0.320 e. The Morgan fingerprint density at radius 3 is 2.48 bits per heavy atom. The Kier molecular flexibility index (Phi) is 4.90. The Labute approximate surface area is 139 Å². The molecule has 1 amide bonds. The topological polar surface area (TPSA) is 60.9 Å². The number of halogens is 1. The van der Waals surface area contributed by atoms with Crippen molar-refractivity contribution < 1.29 is 17.6 Å². The van der Waals surface area contributed by atoms with Crippen molar-refractivity contribution in [2.24, 2.45) is 0 Å². The van der Waals surface area contributed by atoms with Gasteiger partial charge in [0, 0.05) is 38.5 Å². The van der Waals surface area contributed by atoms with E-state index >= 15 is 0 Å². The predicted octanol–water partition coefficient (Wildman–Crippen LogP) is 1.26. The van der Waals surface area contributed by atoms with E-state index in [0.29, 0.717) is 32.8 Å². The summed E-state index contributed by atoms with van der Waals surface area (Å²) in [6.45, 7) is 3.08. The number of hydrogen-bond donors (Lipinski definition) is 0. The van der Waals surface area contributed by atoms with Crippen LogP contribution < -0.4 is 0 Å². The lowest BCUT2D eigenvalue weighted by atomic mass is 10.3. The number of sulfonamides is 1. The van der Waals surface area contributed by atoms with Crippen LogP contribution in [-0.4, -0.2) is 72.9 Å². The molecular weight excluding hydrogens is 341 g/mol. The number of carbonyl (C=O) groups is 1. The van der Waals surface area contributed by atoms with E-state index in [4.69, 9.17) is 0 Å². The maximum absolute atomic E-state index is 13.3. The summed E-state index contributed by atoms with van der Waals surface area (Å²) in [6.07, 6.45) is 0. The Balaban J connectivity index is 1.61. The molecule has 23 heavy (non-hydrogen) atoms. The second kappa shape index (κ2) is 6.76. The monoisotopic (exact) mass is 359 g/mol. The van der Waals surface area contributed by atoms with Crippen LogP contribution in [0.25, 0.3) is 0 Å². The first-order chi connectivity index (χ1) is 11.0. The number of hydrogen-bond acceptors (Lipinski definition) is 5. The molecule has 0 atom stereocenters. The van der Waals surface area contributed by atoms with Crippen molar-refractivity contribution in [1.82, 2.24) is 14.1 Å². The fourth-order valence-corrected chi connectivity index (χ4v) is 4.96. The van der Waals surface area contributed by atoms with E-state index in [1.165, 1.54) is 34.3 Å². The third kappa shape index (κ3) is 3.68. The van der Waals surface area contributed by atoms with Crippen LogP contribution in [0.3, 0.4) is 0 Å². The quantitative estimate of drug-likeness (QED) is 0.810. The van der Waals surface area contributed by atoms with Crippen LogP contribution in [0.1, 0.15) is 0 Å². The third-order valence-corrected chi connectivity index (χ3v) is 6.77. The maximum atomic E-state index is 13.3. The summed E-state index contributed by atoms with van der Waals surface area (Å²) in [4.78, 5) is 15.4. The second-order valence-corrected chi connectivity index (χ2v) is 8.48. The van der Waals surface area contributed by atoms with Gasteiger partial charge in [-0.05, 0) is 18.2 Å². The van der Waals surface area contributed by atoms with Crippen molar-refractivity contribution in [2.75, 3.05) is 45.1 Å². The lowest BCUT2D eigenvalue weighted by Crippen LogP contribution is -2.51. The lowest BCUT2D eigenvalue weighted by molar-refractivity contribution is 0.126. The van der Waals surface area contributed by atoms with E-state index in [-0.39, 0.29) is 10.1 Å². The van der Waals surface area contributed by atoms with E-state index in [1.807, 2.05) is 0 Å². The predicted molar refractivity (Wildman–Crippen MR) is 86.2 cm³/mol. The van der Waals surface area contributed by atoms with Gasteiger partial charge in [0.15, 0.2) is 0 Å². The van der Waals surface area contributed by atoms with Gasteiger partial charge in [-0.15, -0.1) is 0 Å². The molecule has 0 aromatic heterocycles. The van der Waals surface area contributed by atoms with Crippen molar-refractivity contribution in [3.8, 4) is 0 Å². The number of thioether (sulfide) groups is 1. The van der Waals surface area contributed by atoms with Crippen LogP contribution in [0.15, 0.2) is 29.2 Å². The zero-order chi connectivity index (χ0) is 16.4. The minimum atomic E-state index is -3.66. The first kappa shape index (κ1) is 16.7. The largest absolute Gasteiger partial charge is 0.320 e. The summed E-state index contributed by atoms with van der Waals surface area (Å²) < 4.78 is 39.7. The molecule has 0 bridgehead atoms. The fraction of sp³-hybridized carbons (Fsp3) is 0.500. The Hall–Kier alpha value is -1.16. The second-order valence-electron chi connectivity index (χ2n) is 5.50. The highest BCUT2D eigenvalue weighted by molar-refractivity contribution is 8.13. The molecule has 1 aromatic carbocycles. The SMILES string of the molecule is O=C1SCCN1CN1CCN(S(=O)(=O)c2cccc(F)c2)CC1. The van der Waals surface area contributed by atoms with E-state index in [1.54, 1.807) is 4.90 Å². The molecule has 9 heteroatoms. The fourth-order valence-electron chi connectivity index (χ4n) is 2.68. The molecule has 1 aromatic rings. The number of amides is 1. The average Bonchev–Trinajstić information content (AvgIpc) is 2.93. The van der Waals surface area contributed by atoms with Gasteiger partial charge in [0.25, 0.3) is 5.24 Å². The number of rotatable bonds is 4. The summed E-state index contributed by atoms with van der Waals surface area (Å²) in [5.74, 6) is 0.252. The number of benzene rings is 1. The number of piperazine rings is 1. The molecule has 2 heterocycles. The molecule has 2 aliphatic rings. The molecule has 126 valence electrons. The molecular formula is C14H18FN3O3S2. The van der Waals surface area contributed by atoms with Crippen molar-refractivity contribution in [2.45, 2.75) is 4.90 Å². The van der Waals surface area contributed by atoms with Gasteiger partial charge >= 0.3 is 0 Å². The van der Waals surface area contributed by atoms with Crippen LogP contribution in [0.5, 0.6) is 0 Å². The van der Waals surface area contributed by atoms with Crippen LogP contribution in [0.2, 0.25) is 0 Å². The van der Waals surface area contributed by atoms with Crippen LogP contribution in [0.4, 0.5) is 9.18 Å². The van der Waals surface area contributed by atoms with Crippen LogP contribution in [-0.2, 0) is 10.0 Å². The molecule has 0 radical (unpaired) electrons. The molecule has 6 nitrogen and oxygen atoms in total. The first-order valence-electron chi connectivity index (χ1n) is 7.36. The molecule has 2 aliphatic heterocycles. The van der Waals surface area contributed by atoms with Gasteiger partial charge in [-0.2, -0.15) is 4.31 Å². The Morgan fingerprint density at radius 1 is 1.13 bits per heavy atom. The van der Waals surface area contributed by atoms with E-state index in [2.05, 4.69) is 4.90 Å². The van der Waals surface area contributed by atoms with Gasteiger partial charge in [0.05, 0.1) is 11.6 Å². The molecule has 2 saturated heterocycles. The van der Waals surface area contributed by atoms with Crippen LogP contribution in [0, 0.1) is 5.82 Å². The molecule has 0 saturated carbocycles. The standard InChI is InChI=1S/C14H18FN3O3S2/c15-12-2-1-3-13(10-12)23(20,21)18-6-4-16(5-7-18)11-17-8-9-22-14(17)19/h1-3,10H,4-9,11H2. The van der Waals surface area contributed by atoms with Crippen molar-refractivity contribution in [3.63, 3.8) is 0 Å². The highest BCUT2D eigenvalue weighted by Gasteiger charge is 2.30. The lowest BCUT2D eigenvalue weighted by Gasteiger charge is -2.35. The smallest absolute Gasteiger partial charge is 0.282 e. The number of nitrogens with zero attached hydrogens (tertiary/aromatic N) is 3. The zero-order valence-corrected chi connectivity index (χ0v) is 14.2. The molecule has 0 aliphatic carbocycles. The summed E-state index contributed by atoms with van der Waals surface area (Å²) in [5.41, 5.74) is 0. The molecule has 3 rings (SSSR count). The highest BCUT2D eigenvalue weighted by Crippen LogP contribution is 2.20. The Morgan fingerprint density at radius 2 is 1.87 bits per heavy atom. The molecule has 0 N–H and O–H groups in total. The van der Waals surface area contributed by atoms with Crippen molar-refractivity contribution in [3.05, 3.63) is 30.1 Å². The van der Waals surface area contributed by atoms with E-state index in [0.717, 1.165) is 18.4 Å². The van der Waals surface area contributed by atoms with E-state index in [9.17, 15) is 17.6 Å². The first-order valence-corrected chi connectivity index (χ1v) is 9.79. The van der Waals surface area contributed by atoms with Gasteiger partial charge in [-0.1, -0.05) is 17.8 Å². The van der Waals surface area contributed by atoms with E-state index < -0.39 is 15.8 Å². The zero-order valence-electron chi connectivity index (χ0n) is 12.5. The minimum absolute atomic E-state index is 0.0166. The number of carbonyl (C=O) groups excluding carboxylic acids is 1. The van der Waals surface area contributed by atoms with Gasteiger partial charge in [0.2, 0.25) is 10.0 Å². The van der Waals surface area contributed by atoms with Gasteiger partial charge < -0.3 is 4.90 Å². The van der Waals surface area contributed by atoms with Crippen molar-refractivity contribution >= 4 is 27.0 Å². The summed E-state index contributed by atoms with van der Waals surface area (Å²) in [6, 6.07) is 5.07. The molecule has 0 unspecified atom stereocenters. The van der Waals surface area contributed by atoms with Gasteiger partial charge in [-0.25, -0.2) is 12.8 Å².